The zero-order valence-electron chi connectivity index (χ0n) is 18.3. The number of amides is 1. The molecule has 2 aromatic heterocycles. The number of phenols is 2. The number of carbonyl (C=O) groups excluding carboxylic acids is 1. The van der Waals surface area contributed by atoms with Gasteiger partial charge in [0.05, 0.1) is 17.6 Å². The maximum absolute atomic E-state index is 11.6. The molecule has 1 amide bonds. The van der Waals surface area contributed by atoms with Gasteiger partial charge in [0.2, 0.25) is 5.91 Å². The molecule has 0 radical (unpaired) electrons. The molecule has 172 valence electrons. The number of benzene rings is 2. The molecule has 0 spiro atoms. The first-order valence-corrected chi connectivity index (χ1v) is 11.4. The summed E-state index contributed by atoms with van der Waals surface area (Å²) < 4.78 is 2.03. The number of aromatic hydroxyl groups is 2. The fourth-order valence-electron chi connectivity index (χ4n) is 3.93. The molecule has 0 fully saturated rings. The molecule has 0 aliphatic rings. The number of nitrogen functional groups attached to an aromatic ring is 1. The normalized spacial score (nSPS) is 11.3. The SMILES string of the molecule is CCCCc1nc2c(N)nc3ccc(CNC(=O)CCl)cc3c2n1Cc1cccc(O)c1O. The first-order valence-electron chi connectivity index (χ1n) is 10.8. The van der Waals surface area contributed by atoms with Crippen molar-refractivity contribution < 1.29 is 15.0 Å². The third kappa shape index (κ3) is 4.52. The van der Waals surface area contributed by atoms with Crippen molar-refractivity contribution in [2.24, 2.45) is 0 Å². The van der Waals surface area contributed by atoms with Crippen molar-refractivity contribution in [2.45, 2.75) is 39.3 Å². The number of hydrogen-bond acceptors (Lipinski definition) is 6. The van der Waals surface area contributed by atoms with Crippen LogP contribution in [0.2, 0.25) is 0 Å². The summed E-state index contributed by atoms with van der Waals surface area (Å²) in [5, 5.41) is 24.0. The number of imidazole rings is 1. The van der Waals surface area contributed by atoms with Gasteiger partial charge in [0.15, 0.2) is 17.3 Å². The van der Waals surface area contributed by atoms with Crippen LogP contribution in [-0.2, 0) is 24.3 Å². The first-order chi connectivity index (χ1) is 15.9. The molecule has 2 aromatic carbocycles. The number of rotatable bonds is 8. The Balaban J connectivity index is 1.91. The Morgan fingerprint density at radius 1 is 1.21 bits per heavy atom. The Bertz CT molecular complexity index is 1340. The molecule has 0 aliphatic heterocycles. The smallest absolute Gasteiger partial charge is 0.235 e. The summed E-state index contributed by atoms with van der Waals surface area (Å²) in [5.41, 5.74) is 9.84. The predicted molar refractivity (Wildman–Crippen MR) is 129 cm³/mol. The van der Waals surface area contributed by atoms with E-state index in [2.05, 4.69) is 17.2 Å². The van der Waals surface area contributed by atoms with Crippen molar-refractivity contribution >= 4 is 45.3 Å². The summed E-state index contributed by atoms with van der Waals surface area (Å²) in [7, 11) is 0. The third-order valence-electron chi connectivity index (χ3n) is 5.64. The number of alkyl halides is 1. The fraction of sp³-hybridized carbons (Fsp3) is 0.292. The highest BCUT2D eigenvalue weighted by molar-refractivity contribution is 6.27. The van der Waals surface area contributed by atoms with Crippen LogP contribution in [0.15, 0.2) is 36.4 Å². The van der Waals surface area contributed by atoms with E-state index in [1.807, 2.05) is 22.8 Å². The summed E-state index contributed by atoms with van der Waals surface area (Å²) in [5.74, 6) is 0.487. The van der Waals surface area contributed by atoms with Gasteiger partial charge in [-0.3, -0.25) is 4.79 Å². The minimum atomic E-state index is -0.247. The van der Waals surface area contributed by atoms with Crippen molar-refractivity contribution in [1.82, 2.24) is 19.9 Å². The number of fused-ring (bicyclic) bond motifs is 3. The summed E-state index contributed by atoms with van der Waals surface area (Å²) in [6, 6.07) is 10.6. The average Bonchev–Trinajstić information content (AvgIpc) is 3.18. The van der Waals surface area contributed by atoms with E-state index in [0.717, 1.165) is 41.6 Å². The second-order valence-corrected chi connectivity index (χ2v) is 8.23. The Kier molecular flexibility index (Phi) is 6.55. The molecule has 4 aromatic rings. The van der Waals surface area contributed by atoms with Crippen LogP contribution < -0.4 is 11.1 Å². The standard InChI is InChI=1S/C24H26ClN5O3/c1-2-3-7-19-29-21-22(30(19)13-15-5-4-6-18(31)23(15)33)16-10-14(12-27-20(32)11-25)8-9-17(16)28-24(21)26/h4-6,8-10,31,33H,2-3,7,11-13H2,1H3,(H2,26,28)(H,27,32). The molecule has 9 heteroatoms. The van der Waals surface area contributed by atoms with Gasteiger partial charge in [-0.1, -0.05) is 31.5 Å². The molecule has 0 saturated carbocycles. The van der Waals surface area contributed by atoms with Gasteiger partial charge < -0.3 is 25.8 Å². The summed E-state index contributed by atoms with van der Waals surface area (Å²) in [6.07, 6.45) is 2.67. The number of para-hydroxylation sites is 1. The monoisotopic (exact) mass is 467 g/mol. The van der Waals surface area contributed by atoms with Crippen molar-refractivity contribution in [1.29, 1.82) is 0 Å². The lowest BCUT2D eigenvalue weighted by Gasteiger charge is -2.13. The molecule has 2 heterocycles. The number of aryl methyl sites for hydroxylation is 1. The van der Waals surface area contributed by atoms with E-state index >= 15 is 0 Å². The lowest BCUT2D eigenvalue weighted by molar-refractivity contribution is -0.118. The molecule has 33 heavy (non-hydrogen) atoms. The maximum Gasteiger partial charge on any atom is 0.235 e. The number of nitrogens with zero attached hydrogens (tertiary/aromatic N) is 3. The van der Waals surface area contributed by atoms with Crippen LogP contribution in [0.1, 0.15) is 36.7 Å². The number of aromatic nitrogens is 3. The van der Waals surface area contributed by atoms with Crippen LogP contribution in [0.4, 0.5) is 5.82 Å². The van der Waals surface area contributed by atoms with Crippen LogP contribution in [0.3, 0.4) is 0 Å². The van der Waals surface area contributed by atoms with E-state index in [0.29, 0.717) is 35.5 Å². The van der Waals surface area contributed by atoms with Crippen LogP contribution >= 0.6 is 11.6 Å². The molecular weight excluding hydrogens is 442 g/mol. The fourth-order valence-corrected chi connectivity index (χ4v) is 4.03. The number of unbranched alkanes of at least 4 members (excludes halogenated alkanes) is 1. The number of anilines is 1. The van der Waals surface area contributed by atoms with Crippen molar-refractivity contribution in [3.8, 4) is 11.5 Å². The van der Waals surface area contributed by atoms with E-state index in [9.17, 15) is 15.0 Å². The lowest BCUT2D eigenvalue weighted by Crippen LogP contribution is -2.23. The van der Waals surface area contributed by atoms with Crippen molar-refractivity contribution in [3.63, 3.8) is 0 Å². The predicted octanol–water partition coefficient (Wildman–Crippen LogP) is 3.82. The Morgan fingerprint density at radius 3 is 2.79 bits per heavy atom. The van der Waals surface area contributed by atoms with E-state index < -0.39 is 0 Å². The molecule has 5 N–H and O–H groups in total. The minimum Gasteiger partial charge on any atom is -0.504 e. The maximum atomic E-state index is 11.6. The number of nitrogens with two attached hydrogens (primary N) is 1. The van der Waals surface area contributed by atoms with Crippen LogP contribution in [0, 0.1) is 0 Å². The molecule has 8 nitrogen and oxygen atoms in total. The highest BCUT2D eigenvalue weighted by Gasteiger charge is 2.19. The van der Waals surface area contributed by atoms with Gasteiger partial charge in [0.1, 0.15) is 17.2 Å². The largest absolute Gasteiger partial charge is 0.504 e. The van der Waals surface area contributed by atoms with Gasteiger partial charge in [-0.05, 0) is 30.2 Å². The quantitative estimate of drug-likeness (QED) is 0.230. The Hall–Kier alpha value is -3.52. The van der Waals surface area contributed by atoms with Gasteiger partial charge in [0.25, 0.3) is 0 Å². The number of phenolic OH excluding ortho intramolecular Hbond substituents is 2. The number of pyridine rings is 1. The Labute approximate surface area is 196 Å². The summed E-state index contributed by atoms with van der Waals surface area (Å²) in [6.45, 7) is 2.75. The molecular formula is C24H26ClN5O3. The number of nitrogens with one attached hydrogen (secondary N) is 1. The lowest BCUT2D eigenvalue weighted by atomic mass is 10.1. The first kappa shape index (κ1) is 22.7. The minimum absolute atomic E-state index is 0.100. The number of halogens is 1. The second kappa shape index (κ2) is 9.54. The molecule has 4 rings (SSSR count). The zero-order valence-corrected chi connectivity index (χ0v) is 19.1. The number of hydrogen-bond donors (Lipinski definition) is 4. The van der Waals surface area contributed by atoms with Gasteiger partial charge in [-0.25, -0.2) is 9.97 Å². The molecule has 0 bridgehead atoms. The van der Waals surface area contributed by atoms with Gasteiger partial charge in [-0.2, -0.15) is 0 Å². The molecule has 0 saturated heterocycles. The second-order valence-electron chi connectivity index (χ2n) is 7.96. The van der Waals surface area contributed by atoms with E-state index in [1.54, 1.807) is 12.1 Å². The molecule has 0 unspecified atom stereocenters. The van der Waals surface area contributed by atoms with Crippen LogP contribution in [-0.4, -0.2) is 36.5 Å². The van der Waals surface area contributed by atoms with Crippen molar-refractivity contribution in [3.05, 3.63) is 53.3 Å². The zero-order chi connectivity index (χ0) is 23.5. The van der Waals surface area contributed by atoms with E-state index in [1.165, 1.54) is 6.07 Å². The van der Waals surface area contributed by atoms with Gasteiger partial charge in [0, 0.05) is 23.9 Å². The van der Waals surface area contributed by atoms with Gasteiger partial charge in [-0.15, -0.1) is 11.6 Å². The Morgan fingerprint density at radius 2 is 2.03 bits per heavy atom. The average molecular weight is 468 g/mol. The number of carbonyl (C=O) groups is 1. The van der Waals surface area contributed by atoms with Crippen molar-refractivity contribution in [2.75, 3.05) is 11.6 Å². The topological polar surface area (TPSA) is 126 Å². The molecule has 0 atom stereocenters. The summed E-state index contributed by atoms with van der Waals surface area (Å²) >= 11 is 5.59. The third-order valence-corrected chi connectivity index (χ3v) is 5.88. The highest BCUT2D eigenvalue weighted by atomic mass is 35.5. The van der Waals surface area contributed by atoms with Gasteiger partial charge >= 0.3 is 0 Å². The van der Waals surface area contributed by atoms with Crippen LogP contribution in [0.25, 0.3) is 21.9 Å². The highest BCUT2D eigenvalue weighted by Crippen LogP contribution is 2.34. The van der Waals surface area contributed by atoms with E-state index in [4.69, 9.17) is 22.3 Å². The van der Waals surface area contributed by atoms with Crippen LogP contribution in [0.5, 0.6) is 11.5 Å². The van der Waals surface area contributed by atoms with E-state index in [-0.39, 0.29) is 23.3 Å². The summed E-state index contributed by atoms with van der Waals surface area (Å²) in [4.78, 5) is 20.9. The molecule has 0 aliphatic carbocycles.